The van der Waals surface area contributed by atoms with E-state index >= 15 is 0 Å². The van der Waals surface area contributed by atoms with Crippen molar-refractivity contribution in [1.82, 2.24) is 9.80 Å². The summed E-state index contributed by atoms with van der Waals surface area (Å²) in [6.45, 7) is 3.74. The zero-order valence-electron chi connectivity index (χ0n) is 11.0. The van der Waals surface area contributed by atoms with E-state index in [1.807, 2.05) is 6.08 Å². The fraction of sp³-hybridized carbons (Fsp3) is 0.500. The maximum Gasteiger partial charge on any atom is 0.178 e. The van der Waals surface area contributed by atoms with Gasteiger partial charge in [0.2, 0.25) is 0 Å². The number of allylic oxidation sites excluding steroid dienone is 1. The van der Waals surface area contributed by atoms with Crippen LogP contribution in [0.4, 0.5) is 0 Å². The van der Waals surface area contributed by atoms with Crippen LogP contribution in [0, 0.1) is 18.3 Å². The summed E-state index contributed by atoms with van der Waals surface area (Å²) in [5.74, 6) is 4.45. The van der Waals surface area contributed by atoms with Crippen molar-refractivity contribution >= 4 is 0 Å². The average molecular weight is 254 g/mol. The molecule has 4 aliphatic rings. The minimum atomic E-state index is -0.197. The molecule has 3 nitrogen and oxygen atoms in total. The van der Waals surface area contributed by atoms with Crippen LogP contribution in [0.3, 0.4) is 0 Å². The van der Waals surface area contributed by atoms with Gasteiger partial charge in [-0.2, -0.15) is 0 Å². The number of ether oxygens (including phenoxy) is 1. The summed E-state index contributed by atoms with van der Waals surface area (Å²) in [5.41, 5.74) is 1.12. The summed E-state index contributed by atoms with van der Waals surface area (Å²) in [7, 11) is 0. The summed E-state index contributed by atoms with van der Waals surface area (Å²) >= 11 is 0. The van der Waals surface area contributed by atoms with Gasteiger partial charge in [-0.3, -0.25) is 0 Å². The second-order valence-corrected chi connectivity index (χ2v) is 5.89. The molecule has 0 amide bonds. The lowest BCUT2D eigenvalue weighted by molar-refractivity contribution is 0.163. The quantitative estimate of drug-likeness (QED) is 0.663. The maximum absolute atomic E-state index is 5.73. The topological polar surface area (TPSA) is 15.7 Å². The molecule has 0 aliphatic carbocycles. The Balaban J connectivity index is 1.53. The monoisotopic (exact) mass is 254 g/mol. The van der Waals surface area contributed by atoms with Gasteiger partial charge >= 0.3 is 0 Å². The van der Waals surface area contributed by atoms with E-state index in [2.05, 4.69) is 34.2 Å². The normalized spacial score (nSPS) is 39.2. The molecule has 0 spiro atoms. The van der Waals surface area contributed by atoms with Crippen molar-refractivity contribution in [2.24, 2.45) is 5.92 Å². The van der Waals surface area contributed by atoms with Crippen molar-refractivity contribution in [2.75, 3.05) is 19.6 Å². The smallest absolute Gasteiger partial charge is 0.178 e. The van der Waals surface area contributed by atoms with Crippen LogP contribution in [0.25, 0.3) is 0 Å². The van der Waals surface area contributed by atoms with Gasteiger partial charge in [-0.15, -0.1) is 6.42 Å². The number of hydrogen-bond acceptors (Lipinski definition) is 3. The predicted molar refractivity (Wildman–Crippen MR) is 73.8 cm³/mol. The molecule has 0 saturated carbocycles. The van der Waals surface area contributed by atoms with Gasteiger partial charge in [0.25, 0.3) is 0 Å². The molecule has 2 fully saturated rings. The molecule has 0 aromatic carbocycles. The Bertz CT molecular complexity index is 513. The van der Waals surface area contributed by atoms with Crippen LogP contribution in [0.2, 0.25) is 0 Å². The molecule has 4 heterocycles. The Morgan fingerprint density at radius 3 is 3.16 bits per heavy atom. The Hall–Kier alpha value is -1.66. The number of nitrogens with zero attached hydrogens (tertiary/aromatic N) is 2. The third-order valence-corrected chi connectivity index (χ3v) is 4.59. The predicted octanol–water partition coefficient (Wildman–Crippen LogP) is 1.71. The van der Waals surface area contributed by atoms with Crippen molar-refractivity contribution in [3.8, 4) is 12.3 Å². The third kappa shape index (κ3) is 1.87. The maximum atomic E-state index is 5.73. The van der Waals surface area contributed by atoms with Gasteiger partial charge in [-0.1, -0.05) is 5.92 Å². The first kappa shape index (κ1) is 11.2. The van der Waals surface area contributed by atoms with Crippen LogP contribution in [-0.4, -0.2) is 41.6 Å². The highest BCUT2D eigenvalue weighted by molar-refractivity contribution is 5.45. The lowest BCUT2D eigenvalue weighted by Crippen LogP contribution is -2.43. The summed E-state index contributed by atoms with van der Waals surface area (Å²) in [4.78, 5) is 4.90. The van der Waals surface area contributed by atoms with Crippen LogP contribution >= 0.6 is 0 Å². The lowest BCUT2D eigenvalue weighted by atomic mass is 9.95. The van der Waals surface area contributed by atoms with E-state index in [1.54, 1.807) is 0 Å². The summed E-state index contributed by atoms with van der Waals surface area (Å²) in [6.07, 6.45) is 16.3. The van der Waals surface area contributed by atoms with Gasteiger partial charge in [0.15, 0.2) is 6.10 Å². The van der Waals surface area contributed by atoms with Gasteiger partial charge in [-0.05, 0) is 37.5 Å². The molecule has 19 heavy (non-hydrogen) atoms. The van der Waals surface area contributed by atoms with E-state index < -0.39 is 0 Å². The van der Waals surface area contributed by atoms with Crippen molar-refractivity contribution in [3.05, 3.63) is 35.9 Å². The highest BCUT2D eigenvalue weighted by Crippen LogP contribution is 2.33. The molecule has 0 aromatic heterocycles. The standard InChI is InChI=1S/C16H18N2O/c1-2-15-8-13-4-6-18(11-16(13)19-15)14-7-12-3-5-17(9-12)10-14/h1,4,6,8,11-12,14-15H,3,5,7,9-10H2/t12-,14-,15?/m1/s1. The van der Waals surface area contributed by atoms with E-state index in [-0.39, 0.29) is 6.10 Å². The van der Waals surface area contributed by atoms with E-state index in [4.69, 9.17) is 11.2 Å². The van der Waals surface area contributed by atoms with Crippen LogP contribution in [0.1, 0.15) is 12.8 Å². The molecule has 4 rings (SSSR count). The molecule has 2 saturated heterocycles. The fourth-order valence-electron chi connectivity index (χ4n) is 3.63. The summed E-state index contributed by atoms with van der Waals surface area (Å²) in [5, 5.41) is 0. The zero-order chi connectivity index (χ0) is 12.8. The highest BCUT2D eigenvalue weighted by atomic mass is 16.5. The van der Waals surface area contributed by atoms with E-state index in [1.165, 1.54) is 32.5 Å². The molecule has 2 unspecified atom stereocenters. The van der Waals surface area contributed by atoms with Gasteiger partial charge in [0.05, 0.1) is 0 Å². The minimum absolute atomic E-state index is 0.197. The van der Waals surface area contributed by atoms with Crippen LogP contribution in [0.5, 0.6) is 0 Å². The van der Waals surface area contributed by atoms with E-state index in [0.717, 1.165) is 17.3 Å². The molecule has 4 aliphatic heterocycles. The largest absolute Gasteiger partial charge is 0.471 e. The number of terminal acetylenes is 1. The Labute approximate surface area is 114 Å². The molecular weight excluding hydrogens is 236 g/mol. The second kappa shape index (κ2) is 4.18. The van der Waals surface area contributed by atoms with Crippen LogP contribution in [0.15, 0.2) is 35.9 Å². The van der Waals surface area contributed by atoms with Gasteiger partial charge in [0, 0.05) is 37.1 Å². The Kier molecular flexibility index (Phi) is 2.46. The number of fused-ring (bicyclic) bond motifs is 3. The number of rotatable bonds is 1. The average Bonchev–Trinajstić information content (AvgIpc) is 3.00. The lowest BCUT2D eigenvalue weighted by Gasteiger charge is -2.37. The Morgan fingerprint density at radius 2 is 2.32 bits per heavy atom. The van der Waals surface area contributed by atoms with E-state index in [0.29, 0.717) is 6.04 Å². The van der Waals surface area contributed by atoms with Gasteiger partial charge < -0.3 is 14.5 Å². The molecular formula is C16H18N2O. The first-order valence-electron chi connectivity index (χ1n) is 7.06. The fourth-order valence-corrected chi connectivity index (χ4v) is 3.63. The number of hydrogen-bond donors (Lipinski definition) is 0. The molecule has 3 heteroatoms. The molecule has 2 bridgehead atoms. The first-order valence-corrected chi connectivity index (χ1v) is 7.06. The molecule has 0 radical (unpaired) electrons. The van der Waals surface area contributed by atoms with Gasteiger partial charge in [0.1, 0.15) is 5.76 Å². The molecule has 0 aromatic rings. The van der Waals surface area contributed by atoms with Crippen LogP contribution in [-0.2, 0) is 4.74 Å². The van der Waals surface area contributed by atoms with Crippen molar-refractivity contribution < 1.29 is 4.74 Å². The molecule has 98 valence electrons. The third-order valence-electron chi connectivity index (χ3n) is 4.59. The summed E-state index contributed by atoms with van der Waals surface area (Å²) < 4.78 is 5.73. The first-order chi connectivity index (χ1) is 9.31. The van der Waals surface area contributed by atoms with E-state index in [9.17, 15) is 0 Å². The number of piperidine rings is 1. The molecule has 4 atom stereocenters. The zero-order valence-corrected chi connectivity index (χ0v) is 11.0. The van der Waals surface area contributed by atoms with Crippen molar-refractivity contribution in [1.29, 1.82) is 0 Å². The summed E-state index contributed by atoms with van der Waals surface area (Å²) in [6, 6.07) is 0.583. The SMILES string of the molecule is C#CC1C=C2C=CN([C@@H]3C[C@H]4CCN(C4)C3)C=C2O1. The Morgan fingerprint density at radius 1 is 1.37 bits per heavy atom. The van der Waals surface area contributed by atoms with Crippen molar-refractivity contribution in [3.63, 3.8) is 0 Å². The molecule has 0 N–H and O–H groups in total. The minimum Gasteiger partial charge on any atom is -0.471 e. The van der Waals surface area contributed by atoms with Gasteiger partial charge in [-0.25, -0.2) is 0 Å². The highest BCUT2D eigenvalue weighted by Gasteiger charge is 2.35. The van der Waals surface area contributed by atoms with Crippen molar-refractivity contribution in [2.45, 2.75) is 25.0 Å². The second-order valence-electron chi connectivity index (χ2n) is 5.89. The van der Waals surface area contributed by atoms with Crippen LogP contribution < -0.4 is 0 Å².